The van der Waals surface area contributed by atoms with Crippen LogP contribution in [0, 0.1) is 13.8 Å². The van der Waals surface area contributed by atoms with E-state index in [9.17, 15) is 0 Å². The number of hydrogen-bond donors (Lipinski definition) is 1. The maximum absolute atomic E-state index is 5.26. The van der Waals surface area contributed by atoms with Gasteiger partial charge in [-0.2, -0.15) is 0 Å². The van der Waals surface area contributed by atoms with Crippen molar-refractivity contribution in [3.63, 3.8) is 0 Å². The first kappa shape index (κ1) is 11.9. The quantitative estimate of drug-likeness (QED) is 0.796. The number of benzene rings is 1. The third-order valence-corrected chi connectivity index (χ3v) is 3.04. The van der Waals surface area contributed by atoms with E-state index in [1.165, 1.54) is 16.7 Å². The molecular formula is C15H19NO. The lowest BCUT2D eigenvalue weighted by molar-refractivity contribution is 0.484. The molecule has 0 radical (unpaired) electrons. The van der Waals surface area contributed by atoms with E-state index in [1.54, 1.807) is 6.26 Å². The van der Waals surface area contributed by atoms with Crippen LogP contribution in [0.1, 0.15) is 22.5 Å². The molecule has 2 heteroatoms. The van der Waals surface area contributed by atoms with E-state index in [1.807, 2.05) is 12.1 Å². The summed E-state index contributed by atoms with van der Waals surface area (Å²) in [5.41, 5.74) is 4.12. The molecule has 0 spiro atoms. The fourth-order valence-corrected chi connectivity index (χ4v) is 1.82. The predicted molar refractivity (Wildman–Crippen MR) is 70.0 cm³/mol. The topological polar surface area (TPSA) is 25.2 Å². The Balaban J connectivity index is 1.76. The lowest BCUT2D eigenvalue weighted by Crippen LogP contribution is -2.16. The number of rotatable bonds is 5. The minimum Gasteiger partial charge on any atom is -0.468 e. The second-order valence-corrected chi connectivity index (χ2v) is 4.42. The Morgan fingerprint density at radius 1 is 1.12 bits per heavy atom. The van der Waals surface area contributed by atoms with Crippen molar-refractivity contribution in [2.45, 2.75) is 26.8 Å². The van der Waals surface area contributed by atoms with Crippen LogP contribution >= 0.6 is 0 Å². The molecule has 1 aromatic carbocycles. The first-order chi connectivity index (χ1) is 8.25. The Labute approximate surface area is 103 Å². The molecule has 17 heavy (non-hydrogen) atoms. The first-order valence-electron chi connectivity index (χ1n) is 6.05. The Hall–Kier alpha value is -1.54. The molecule has 0 fully saturated rings. The first-order valence-corrected chi connectivity index (χ1v) is 6.05. The zero-order chi connectivity index (χ0) is 12.1. The molecule has 0 aliphatic carbocycles. The summed E-state index contributed by atoms with van der Waals surface area (Å²) in [7, 11) is 0. The van der Waals surface area contributed by atoms with Gasteiger partial charge in [0.05, 0.1) is 12.8 Å². The minimum atomic E-state index is 0.803. The molecule has 0 bridgehead atoms. The van der Waals surface area contributed by atoms with Crippen LogP contribution in [0.5, 0.6) is 0 Å². The van der Waals surface area contributed by atoms with E-state index in [0.29, 0.717) is 0 Å². The van der Waals surface area contributed by atoms with Gasteiger partial charge in [0.15, 0.2) is 0 Å². The van der Waals surface area contributed by atoms with Crippen molar-refractivity contribution in [3.05, 3.63) is 59.0 Å². The van der Waals surface area contributed by atoms with Crippen molar-refractivity contribution < 1.29 is 4.42 Å². The predicted octanol–water partition coefficient (Wildman–Crippen LogP) is 3.23. The van der Waals surface area contributed by atoms with Crippen LogP contribution in [0.2, 0.25) is 0 Å². The van der Waals surface area contributed by atoms with Crippen molar-refractivity contribution >= 4 is 0 Å². The second kappa shape index (κ2) is 5.69. The molecule has 2 rings (SSSR count). The molecule has 0 aliphatic rings. The Morgan fingerprint density at radius 3 is 2.71 bits per heavy atom. The summed E-state index contributed by atoms with van der Waals surface area (Å²) in [6.07, 6.45) is 2.77. The summed E-state index contributed by atoms with van der Waals surface area (Å²) >= 11 is 0. The van der Waals surface area contributed by atoms with Crippen LogP contribution in [-0.4, -0.2) is 6.54 Å². The van der Waals surface area contributed by atoms with Gasteiger partial charge in [-0.3, -0.25) is 0 Å². The lowest BCUT2D eigenvalue weighted by atomic mass is 10.0. The SMILES string of the molecule is Cc1ccc(CCNCc2ccco2)cc1C. The highest BCUT2D eigenvalue weighted by Gasteiger charge is 1.98. The Kier molecular flexibility index (Phi) is 3.99. The van der Waals surface area contributed by atoms with Gasteiger partial charge in [-0.05, 0) is 55.6 Å². The second-order valence-electron chi connectivity index (χ2n) is 4.42. The van der Waals surface area contributed by atoms with Crippen LogP contribution < -0.4 is 5.32 Å². The standard InChI is InChI=1S/C15H19NO/c1-12-5-6-14(10-13(12)2)7-8-16-11-15-4-3-9-17-15/h3-6,9-10,16H,7-8,11H2,1-2H3. The van der Waals surface area contributed by atoms with Crippen LogP contribution in [-0.2, 0) is 13.0 Å². The lowest BCUT2D eigenvalue weighted by Gasteiger charge is -2.06. The number of aryl methyl sites for hydroxylation is 2. The summed E-state index contributed by atoms with van der Waals surface area (Å²) in [6.45, 7) is 6.09. The van der Waals surface area contributed by atoms with Crippen molar-refractivity contribution in [2.24, 2.45) is 0 Å². The Bertz CT molecular complexity index is 460. The third kappa shape index (κ3) is 3.46. The van der Waals surface area contributed by atoms with Gasteiger partial charge in [0.25, 0.3) is 0 Å². The molecule has 90 valence electrons. The van der Waals surface area contributed by atoms with E-state index in [4.69, 9.17) is 4.42 Å². The fourth-order valence-electron chi connectivity index (χ4n) is 1.82. The molecular weight excluding hydrogens is 210 g/mol. The highest BCUT2D eigenvalue weighted by Crippen LogP contribution is 2.10. The van der Waals surface area contributed by atoms with Crippen LogP contribution in [0.3, 0.4) is 0 Å². The van der Waals surface area contributed by atoms with E-state index < -0.39 is 0 Å². The van der Waals surface area contributed by atoms with Gasteiger partial charge in [0, 0.05) is 0 Å². The van der Waals surface area contributed by atoms with Gasteiger partial charge >= 0.3 is 0 Å². The monoisotopic (exact) mass is 229 g/mol. The molecule has 0 saturated carbocycles. The van der Waals surface area contributed by atoms with Gasteiger partial charge in [0.2, 0.25) is 0 Å². The molecule has 0 saturated heterocycles. The van der Waals surface area contributed by atoms with Crippen molar-refractivity contribution in [1.29, 1.82) is 0 Å². The third-order valence-electron chi connectivity index (χ3n) is 3.04. The maximum Gasteiger partial charge on any atom is 0.117 e. The normalized spacial score (nSPS) is 10.7. The van der Waals surface area contributed by atoms with Gasteiger partial charge in [-0.25, -0.2) is 0 Å². The zero-order valence-corrected chi connectivity index (χ0v) is 10.5. The molecule has 1 aromatic heterocycles. The zero-order valence-electron chi connectivity index (χ0n) is 10.5. The highest BCUT2D eigenvalue weighted by molar-refractivity contribution is 5.30. The molecule has 2 aromatic rings. The van der Waals surface area contributed by atoms with Gasteiger partial charge in [-0.1, -0.05) is 18.2 Å². The molecule has 0 atom stereocenters. The fraction of sp³-hybridized carbons (Fsp3) is 0.333. The van der Waals surface area contributed by atoms with E-state index in [-0.39, 0.29) is 0 Å². The molecule has 0 unspecified atom stereocenters. The average molecular weight is 229 g/mol. The highest BCUT2D eigenvalue weighted by atomic mass is 16.3. The van der Waals surface area contributed by atoms with Crippen LogP contribution in [0.4, 0.5) is 0 Å². The largest absolute Gasteiger partial charge is 0.468 e. The number of furan rings is 1. The summed E-state index contributed by atoms with van der Waals surface area (Å²) in [5.74, 6) is 0.991. The molecule has 1 heterocycles. The van der Waals surface area contributed by atoms with Crippen molar-refractivity contribution in [3.8, 4) is 0 Å². The van der Waals surface area contributed by atoms with Crippen LogP contribution in [0.25, 0.3) is 0 Å². The van der Waals surface area contributed by atoms with Gasteiger partial charge in [0.1, 0.15) is 5.76 Å². The Morgan fingerprint density at radius 2 is 2.00 bits per heavy atom. The maximum atomic E-state index is 5.26. The summed E-state index contributed by atoms with van der Waals surface area (Å²) in [5, 5.41) is 3.38. The number of hydrogen-bond acceptors (Lipinski definition) is 2. The molecule has 0 amide bonds. The molecule has 0 aliphatic heterocycles. The minimum absolute atomic E-state index is 0.803. The summed E-state index contributed by atoms with van der Waals surface area (Å²) in [4.78, 5) is 0. The van der Waals surface area contributed by atoms with Gasteiger partial charge in [-0.15, -0.1) is 0 Å². The van der Waals surface area contributed by atoms with Gasteiger partial charge < -0.3 is 9.73 Å². The summed E-state index contributed by atoms with van der Waals surface area (Å²) < 4.78 is 5.26. The van der Waals surface area contributed by atoms with Crippen molar-refractivity contribution in [1.82, 2.24) is 5.32 Å². The molecule has 2 nitrogen and oxygen atoms in total. The van der Waals surface area contributed by atoms with E-state index >= 15 is 0 Å². The van der Waals surface area contributed by atoms with E-state index in [2.05, 4.69) is 37.4 Å². The average Bonchev–Trinajstić information content (AvgIpc) is 2.82. The van der Waals surface area contributed by atoms with Crippen molar-refractivity contribution in [2.75, 3.05) is 6.54 Å². The number of nitrogens with one attached hydrogen (secondary N) is 1. The van der Waals surface area contributed by atoms with E-state index in [0.717, 1.165) is 25.3 Å². The van der Waals surface area contributed by atoms with Crippen LogP contribution in [0.15, 0.2) is 41.0 Å². The summed E-state index contributed by atoms with van der Waals surface area (Å²) in [6, 6.07) is 10.6. The smallest absolute Gasteiger partial charge is 0.117 e. The molecule has 1 N–H and O–H groups in total.